The van der Waals surface area contributed by atoms with E-state index in [1.165, 1.54) is 0 Å². The molecular weight excluding hydrogens is 314 g/mol. The van der Waals surface area contributed by atoms with Crippen LogP contribution in [0.25, 0.3) is 0 Å². The number of benzene rings is 1. The number of aromatic nitrogens is 1. The summed E-state index contributed by atoms with van der Waals surface area (Å²) in [5.41, 5.74) is 2.01. The van der Waals surface area contributed by atoms with Gasteiger partial charge in [-0.15, -0.1) is 0 Å². The number of rotatable bonds is 8. The maximum Gasteiger partial charge on any atom is 0.253 e. The molecule has 0 bridgehead atoms. The maximum absolute atomic E-state index is 12.3. The number of carbonyl (C=O) groups is 2. The van der Waals surface area contributed by atoms with Gasteiger partial charge in [0.1, 0.15) is 0 Å². The molecule has 0 saturated carbocycles. The van der Waals surface area contributed by atoms with Crippen molar-refractivity contribution in [1.82, 2.24) is 10.3 Å². The van der Waals surface area contributed by atoms with Gasteiger partial charge in [0, 0.05) is 24.4 Å². The van der Waals surface area contributed by atoms with E-state index < -0.39 is 0 Å². The third kappa shape index (κ3) is 6.03. The summed E-state index contributed by atoms with van der Waals surface area (Å²) in [7, 11) is 0. The fourth-order valence-electron chi connectivity index (χ4n) is 2.38. The van der Waals surface area contributed by atoms with Crippen LogP contribution >= 0.6 is 0 Å². The van der Waals surface area contributed by atoms with Crippen LogP contribution in [0.15, 0.2) is 48.7 Å². The Morgan fingerprint density at radius 3 is 2.60 bits per heavy atom. The van der Waals surface area contributed by atoms with Gasteiger partial charge in [0.2, 0.25) is 5.91 Å². The topological polar surface area (TPSA) is 71.1 Å². The molecule has 1 aromatic carbocycles. The van der Waals surface area contributed by atoms with E-state index in [2.05, 4.69) is 15.6 Å². The molecular formula is C20H25N3O2. The van der Waals surface area contributed by atoms with Crippen LogP contribution in [-0.2, 0) is 11.2 Å². The van der Waals surface area contributed by atoms with Crippen molar-refractivity contribution >= 4 is 17.5 Å². The fourth-order valence-corrected chi connectivity index (χ4v) is 2.38. The molecule has 2 aromatic rings. The van der Waals surface area contributed by atoms with Crippen LogP contribution < -0.4 is 10.6 Å². The molecule has 0 aliphatic rings. The van der Waals surface area contributed by atoms with Gasteiger partial charge in [0.15, 0.2) is 0 Å². The summed E-state index contributed by atoms with van der Waals surface area (Å²) >= 11 is 0. The number of carbonyl (C=O) groups excluding carboxylic acids is 2. The Kier molecular flexibility index (Phi) is 7.14. The first-order chi connectivity index (χ1) is 12.1. The molecule has 132 valence electrons. The van der Waals surface area contributed by atoms with E-state index in [4.69, 9.17) is 0 Å². The summed E-state index contributed by atoms with van der Waals surface area (Å²) in [5.74, 6) is -0.265. The lowest BCUT2D eigenvalue weighted by molar-refractivity contribution is -0.116. The Balaban J connectivity index is 1.91. The molecule has 2 N–H and O–H groups in total. The second-order valence-electron chi connectivity index (χ2n) is 6.05. The average Bonchev–Trinajstić information content (AvgIpc) is 2.62. The van der Waals surface area contributed by atoms with Crippen LogP contribution in [0.5, 0.6) is 0 Å². The lowest BCUT2D eigenvalue weighted by atomic mass is 10.1. The van der Waals surface area contributed by atoms with Crippen molar-refractivity contribution in [1.29, 1.82) is 0 Å². The Hall–Kier alpha value is -2.69. The standard InChI is InChI=1S/C20H25N3O2/c1-3-15(2)22-20(25)17-11-4-5-12-18(17)23-19(24)13-8-10-16-9-6-7-14-21-16/h4-7,9,11-12,14-15H,3,8,10,13H2,1-2H3,(H,22,25)(H,23,24)/t15-/m1/s1. The number of nitrogens with one attached hydrogen (secondary N) is 2. The van der Waals surface area contributed by atoms with Gasteiger partial charge in [-0.05, 0) is 50.5 Å². The predicted molar refractivity (Wildman–Crippen MR) is 99.5 cm³/mol. The van der Waals surface area contributed by atoms with Crippen LogP contribution in [0.2, 0.25) is 0 Å². The van der Waals surface area contributed by atoms with Gasteiger partial charge >= 0.3 is 0 Å². The number of pyridine rings is 1. The maximum atomic E-state index is 12.3. The first-order valence-electron chi connectivity index (χ1n) is 8.69. The second kappa shape index (κ2) is 9.57. The molecule has 1 atom stereocenters. The summed E-state index contributed by atoms with van der Waals surface area (Å²) in [6.45, 7) is 3.97. The molecule has 0 spiro atoms. The minimum atomic E-state index is -0.168. The van der Waals surface area contributed by atoms with Crippen molar-refractivity contribution in [2.75, 3.05) is 5.32 Å². The third-order valence-corrected chi connectivity index (χ3v) is 4.00. The molecule has 0 radical (unpaired) electrons. The summed E-state index contributed by atoms with van der Waals surface area (Å²) < 4.78 is 0. The largest absolute Gasteiger partial charge is 0.350 e. The van der Waals surface area contributed by atoms with E-state index in [0.717, 1.165) is 18.5 Å². The molecule has 0 unspecified atom stereocenters. The number of amides is 2. The van der Waals surface area contributed by atoms with E-state index in [1.807, 2.05) is 38.1 Å². The van der Waals surface area contributed by atoms with Crippen LogP contribution in [0.4, 0.5) is 5.69 Å². The summed E-state index contributed by atoms with van der Waals surface area (Å²) in [6.07, 6.45) is 4.46. The van der Waals surface area contributed by atoms with Crippen LogP contribution in [-0.4, -0.2) is 22.8 Å². The minimum absolute atomic E-state index is 0.0923. The lowest BCUT2D eigenvalue weighted by Gasteiger charge is -2.14. The van der Waals surface area contributed by atoms with Crippen molar-refractivity contribution in [2.24, 2.45) is 0 Å². The number of hydrogen-bond acceptors (Lipinski definition) is 3. The van der Waals surface area contributed by atoms with Crippen molar-refractivity contribution in [3.05, 3.63) is 59.9 Å². The van der Waals surface area contributed by atoms with Crippen molar-refractivity contribution < 1.29 is 9.59 Å². The molecule has 2 rings (SSSR count). The number of para-hydroxylation sites is 1. The zero-order chi connectivity index (χ0) is 18.1. The summed E-state index contributed by atoms with van der Waals surface area (Å²) in [5, 5.41) is 5.77. The molecule has 0 saturated heterocycles. The van der Waals surface area contributed by atoms with Gasteiger partial charge in [0.05, 0.1) is 11.3 Å². The van der Waals surface area contributed by atoms with E-state index >= 15 is 0 Å². The Morgan fingerprint density at radius 1 is 1.12 bits per heavy atom. The average molecular weight is 339 g/mol. The van der Waals surface area contributed by atoms with Gasteiger partial charge in [-0.25, -0.2) is 0 Å². The highest BCUT2D eigenvalue weighted by Gasteiger charge is 2.14. The van der Waals surface area contributed by atoms with Crippen molar-refractivity contribution in [2.45, 2.75) is 45.6 Å². The van der Waals surface area contributed by atoms with Gasteiger partial charge in [-0.1, -0.05) is 25.1 Å². The summed E-state index contributed by atoms with van der Waals surface area (Å²) in [6, 6.07) is 12.9. The minimum Gasteiger partial charge on any atom is -0.350 e. The molecule has 5 heteroatoms. The zero-order valence-electron chi connectivity index (χ0n) is 14.8. The Morgan fingerprint density at radius 2 is 1.88 bits per heavy atom. The van der Waals surface area contributed by atoms with E-state index in [0.29, 0.717) is 24.1 Å². The van der Waals surface area contributed by atoms with Crippen LogP contribution in [0.3, 0.4) is 0 Å². The highest BCUT2D eigenvalue weighted by Crippen LogP contribution is 2.16. The molecule has 1 heterocycles. The van der Waals surface area contributed by atoms with Crippen molar-refractivity contribution in [3.63, 3.8) is 0 Å². The molecule has 0 fully saturated rings. The predicted octanol–water partition coefficient (Wildman–Crippen LogP) is 3.57. The number of hydrogen-bond donors (Lipinski definition) is 2. The zero-order valence-corrected chi connectivity index (χ0v) is 14.8. The van der Waals surface area contributed by atoms with Gasteiger partial charge in [-0.2, -0.15) is 0 Å². The molecule has 25 heavy (non-hydrogen) atoms. The molecule has 0 aliphatic heterocycles. The Bertz CT molecular complexity index is 701. The highest BCUT2D eigenvalue weighted by atomic mass is 16.2. The number of aryl methyl sites for hydroxylation is 1. The number of anilines is 1. The van der Waals surface area contributed by atoms with Crippen LogP contribution in [0.1, 0.15) is 49.2 Å². The van der Waals surface area contributed by atoms with Crippen molar-refractivity contribution in [3.8, 4) is 0 Å². The molecule has 2 amide bonds. The number of nitrogens with zero attached hydrogens (tertiary/aromatic N) is 1. The normalized spacial score (nSPS) is 11.6. The molecule has 1 aromatic heterocycles. The Labute approximate surface area is 148 Å². The van der Waals surface area contributed by atoms with Crippen LogP contribution in [0, 0.1) is 0 Å². The SMILES string of the molecule is CC[C@@H](C)NC(=O)c1ccccc1NC(=O)CCCc1ccccn1. The van der Waals surface area contributed by atoms with E-state index in [-0.39, 0.29) is 17.9 Å². The van der Waals surface area contributed by atoms with E-state index in [1.54, 1.807) is 24.4 Å². The summed E-state index contributed by atoms with van der Waals surface area (Å²) in [4.78, 5) is 28.8. The van der Waals surface area contributed by atoms with E-state index in [9.17, 15) is 9.59 Å². The second-order valence-corrected chi connectivity index (χ2v) is 6.05. The monoisotopic (exact) mass is 339 g/mol. The molecule has 5 nitrogen and oxygen atoms in total. The quantitative estimate of drug-likeness (QED) is 0.772. The van der Waals surface area contributed by atoms with Gasteiger partial charge < -0.3 is 10.6 Å². The van der Waals surface area contributed by atoms with Gasteiger partial charge in [-0.3, -0.25) is 14.6 Å². The fraction of sp³-hybridized carbons (Fsp3) is 0.350. The lowest BCUT2D eigenvalue weighted by Crippen LogP contribution is -2.32. The molecule has 0 aliphatic carbocycles. The van der Waals surface area contributed by atoms with Gasteiger partial charge in [0.25, 0.3) is 5.91 Å². The third-order valence-electron chi connectivity index (χ3n) is 4.00. The first-order valence-corrected chi connectivity index (χ1v) is 8.69. The smallest absolute Gasteiger partial charge is 0.253 e. The first kappa shape index (κ1) is 18.6. The highest BCUT2D eigenvalue weighted by molar-refractivity contribution is 6.03.